The van der Waals surface area contributed by atoms with Crippen LogP contribution in [0.4, 0.5) is 5.69 Å². The SMILES string of the molecule is CCCOc1ncnc(OC2CCCC2)c1N. The summed E-state index contributed by atoms with van der Waals surface area (Å²) in [7, 11) is 0. The van der Waals surface area contributed by atoms with Crippen LogP contribution in [0.2, 0.25) is 0 Å². The molecule has 0 amide bonds. The number of hydrogen-bond donors (Lipinski definition) is 1. The average Bonchev–Trinajstić information content (AvgIpc) is 2.83. The van der Waals surface area contributed by atoms with Crippen LogP contribution in [0.15, 0.2) is 6.33 Å². The summed E-state index contributed by atoms with van der Waals surface area (Å²) in [6, 6.07) is 0. The molecule has 2 N–H and O–H groups in total. The molecule has 17 heavy (non-hydrogen) atoms. The minimum absolute atomic E-state index is 0.242. The Labute approximate surface area is 101 Å². The summed E-state index contributed by atoms with van der Waals surface area (Å²) in [5.41, 5.74) is 6.34. The molecule has 0 atom stereocenters. The van der Waals surface area contributed by atoms with E-state index in [-0.39, 0.29) is 6.10 Å². The lowest BCUT2D eigenvalue weighted by molar-refractivity contribution is 0.200. The summed E-state index contributed by atoms with van der Waals surface area (Å²) in [4.78, 5) is 8.08. The van der Waals surface area contributed by atoms with Crippen LogP contribution in [0.25, 0.3) is 0 Å². The first-order chi connectivity index (χ1) is 8.31. The average molecular weight is 237 g/mol. The predicted molar refractivity (Wildman–Crippen MR) is 65.1 cm³/mol. The number of hydrogen-bond acceptors (Lipinski definition) is 5. The molecule has 1 aliphatic carbocycles. The Morgan fingerprint density at radius 1 is 1.29 bits per heavy atom. The third-order valence-electron chi connectivity index (χ3n) is 2.83. The molecule has 1 aliphatic rings. The van der Waals surface area contributed by atoms with Crippen LogP contribution in [-0.4, -0.2) is 22.7 Å². The van der Waals surface area contributed by atoms with Crippen LogP contribution in [0, 0.1) is 0 Å². The van der Waals surface area contributed by atoms with E-state index < -0.39 is 0 Å². The zero-order valence-corrected chi connectivity index (χ0v) is 10.2. The molecular formula is C12H19N3O2. The molecule has 94 valence electrons. The highest BCUT2D eigenvalue weighted by Gasteiger charge is 2.19. The van der Waals surface area contributed by atoms with E-state index in [1.807, 2.05) is 6.92 Å². The minimum Gasteiger partial charge on any atom is -0.476 e. The second-order valence-electron chi connectivity index (χ2n) is 4.27. The normalized spacial score (nSPS) is 16.1. The maximum Gasteiger partial charge on any atom is 0.244 e. The van der Waals surface area contributed by atoms with Gasteiger partial charge >= 0.3 is 0 Å². The number of rotatable bonds is 5. The highest BCUT2D eigenvalue weighted by molar-refractivity contribution is 5.55. The smallest absolute Gasteiger partial charge is 0.244 e. The van der Waals surface area contributed by atoms with Crippen molar-refractivity contribution >= 4 is 5.69 Å². The standard InChI is InChI=1S/C12H19N3O2/c1-2-7-16-11-10(13)12(15-8-14-11)17-9-5-3-4-6-9/h8-9H,2-7,13H2,1H3. The van der Waals surface area contributed by atoms with Crippen molar-refractivity contribution in [3.05, 3.63) is 6.33 Å². The number of ether oxygens (including phenoxy) is 2. The van der Waals surface area contributed by atoms with E-state index in [0.717, 1.165) is 19.3 Å². The summed E-state index contributed by atoms with van der Waals surface area (Å²) >= 11 is 0. The summed E-state index contributed by atoms with van der Waals surface area (Å²) in [6.07, 6.45) is 7.19. The molecule has 1 aromatic heterocycles. The van der Waals surface area contributed by atoms with Crippen molar-refractivity contribution in [2.75, 3.05) is 12.3 Å². The monoisotopic (exact) mass is 237 g/mol. The predicted octanol–water partition coefficient (Wildman–Crippen LogP) is 2.17. The molecule has 1 saturated carbocycles. The molecule has 0 unspecified atom stereocenters. The van der Waals surface area contributed by atoms with Crippen LogP contribution >= 0.6 is 0 Å². The molecule has 1 heterocycles. The lowest BCUT2D eigenvalue weighted by atomic mass is 10.3. The zero-order chi connectivity index (χ0) is 12.1. The third kappa shape index (κ3) is 2.99. The summed E-state index contributed by atoms with van der Waals surface area (Å²) in [5.74, 6) is 0.882. The summed E-state index contributed by atoms with van der Waals surface area (Å²) in [6.45, 7) is 2.64. The second kappa shape index (κ2) is 5.70. The second-order valence-corrected chi connectivity index (χ2v) is 4.27. The first-order valence-corrected chi connectivity index (χ1v) is 6.21. The van der Waals surface area contributed by atoms with Crippen molar-refractivity contribution in [1.29, 1.82) is 0 Å². The lowest BCUT2D eigenvalue weighted by Crippen LogP contribution is -2.14. The maximum atomic E-state index is 5.93. The van der Waals surface area contributed by atoms with Gasteiger partial charge in [0.1, 0.15) is 12.4 Å². The highest BCUT2D eigenvalue weighted by atomic mass is 16.5. The zero-order valence-electron chi connectivity index (χ0n) is 10.2. The van der Waals surface area contributed by atoms with Gasteiger partial charge in [-0.1, -0.05) is 6.92 Å². The topological polar surface area (TPSA) is 70.3 Å². The van der Waals surface area contributed by atoms with E-state index in [1.54, 1.807) is 0 Å². The van der Waals surface area contributed by atoms with Crippen LogP contribution in [-0.2, 0) is 0 Å². The largest absolute Gasteiger partial charge is 0.476 e. The fraction of sp³-hybridized carbons (Fsp3) is 0.667. The molecule has 0 radical (unpaired) electrons. The van der Waals surface area contributed by atoms with Crippen molar-refractivity contribution in [1.82, 2.24) is 9.97 Å². The molecule has 5 heteroatoms. The van der Waals surface area contributed by atoms with E-state index in [9.17, 15) is 0 Å². The fourth-order valence-electron chi connectivity index (χ4n) is 1.94. The van der Waals surface area contributed by atoms with E-state index in [0.29, 0.717) is 24.1 Å². The Morgan fingerprint density at radius 3 is 2.71 bits per heavy atom. The number of nitrogen functional groups attached to an aromatic ring is 1. The van der Waals surface area contributed by atoms with Crippen LogP contribution in [0.5, 0.6) is 11.8 Å². The lowest BCUT2D eigenvalue weighted by Gasteiger charge is -2.14. The molecule has 2 rings (SSSR count). The van der Waals surface area contributed by atoms with Crippen molar-refractivity contribution in [3.8, 4) is 11.8 Å². The molecule has 1 fully saturated rings. The van der Waals surface area contributed by atoms with Crippen molar-refractivity contribution in [3.63, 3.8) is 0 Å². The van der Waals surface area contributed by atoms with Crippen molar-refractivity contribution in [2.45, 2.75) is 45.1 Å². The maximum absolute atomic E-state index is 5.93. The van der Waals surface area contributed by atoms with Gasteiger partial charge < -0.3 is 15.2 Å². The van der Waals surface area contributed by atoms with Crippen molar-refractivity contribution < 1.29 is 9.47 Å². The number of anilines is 1. The van der Waals surface area contributed by atoms with Gasteiger partial charge in [0.15, 0.2) is 5.69 Å². The molecule has 5 nitrogen and oxygen atoms in total. The molecule has 1 aromatic rings. The third-order valence-corrected chi connectivity index (χ3v) is 2.83. The number of nitrogens with two attached hydrogens (primary N) is 1. The van der Waals surface area contributed by atoms with Gasteiger partial charge in [0.2, 0.25) is 11.8 Å². The molecule has 0 aromatic carbocycles. The van der Waals surface area contributed by atoms with Crippen LogP contribution in [0.3, 0.4) is 0 Å². The quantitative estimate of drug-likeness (QED) is 0.849. The van der Waals surface area contributed by atoms with Gasteiger partial charge in [-0.2, -0.15) is 9.97 Å². The minimum atomic E-state index is 0.242. The highest BCUT2D eigenvalue weighted by Crippen LogP contribution is 2.30. The van der Waals surface area contributed by atoms with Gasteiger partial charge in [-0.25, -0.2) is 0 Å². The molecule has 0 saturated heterocycles. The van der Waals surface area contributed by atoms with E-state index >= 15 is 0 Å². The Hall–Kier alpha value is -1.52. The Balaban J connectivity index is 2.05. The van der Waals surface area contributed by atoms with Gasteiger partial charge in [0.25, 0.3) is 0 Å². The number of nitrogens with zero attached hydrogens (tertiary/aromatic N) is 2. The van der Waals surface area contributed by atoms with E-state index in [2.05, 4.69) is 9.97 Å². The Morgan fingerprint density at radius 2 is 2.00 bits per heavy atom. The molecule has 0 spiro atoms. The summed E-state index contributed by atoms with van der Waals surface area (Å²) in [5, 5.41) is 0. The van der Waals surface area contributed by atoms with Crippen molar-refractivity contribution in [2.24, 2.45) is 0 Å². The molecular weight excluding hydrogens is 218 g/mol. The van der Waals surface area contributed by atoms with Gasteiger partial charge in [0, 0.05) is 0 Å². The van der Waals surface area contributed by atoms with Gasteiger partial charge in [-0.15, -0.1) is 0 Å². The van der Waals surface area contributed by atoms with Gasteiger partial charge in [0.05, 0.1) is 6.61 Å². The molecule has 0 bridgehead atoms. The van der Waals surface area contributed by atoms with Crippen LogP contribution < -0.4 is 15.2 Å². The summed E-state index contributed by atoms with van der Waals surface area (Å²) < 4.78 is 11.2. The van der Waals surface area contributed by atoms with Crippen LogP contribution in [0.1, 0.15) is 39.0 Å². The Bertz CT molecular complexity index is 365. The fourth-order valence-corrected chi connectivity index (χ4v) is 1.94. The first kappa shape index (κ1) is 12.0. The van der Waals surface area contributed by atoms with Gasteiger partial charge in [-0.3, -0.25) is 0 Å². The van der Waals surface area contributed by atoms with E-state index in [4.69, 9.17) is 15.2 Å². The Kier molecular flexibility index (Phi) is 4.01. The first-order valence-electron chi connectivity index (χ1n) is 6.21. The molecule has 0 aliphatic heterocycles. The number of aromatic nitrogens is 2. The van der Waals surface area contributed by atoms with E-state index in [1.165, 1.54) is 19.2 Å². The van der Waals surface area contributed by atoms with Gasteiger partial charge in [-0.05, 0) is 32.1 Å².